The lowest BCUT2D eigenvalue weighted by Gasteiger charge is -2.11. The Morgan fingerprint density at radius 1 is 1.33 bits per heavy atom. The zero-order valence-corrected chi connectivity index (χ0v) is 12.6. The predicted molar refractivity (Wildman–Crippen MR) is 82.8 cm³/mol. The van der Waals surface area contributed by atoms with Crippen LogP contribution in [0.3, 0.4) is 0 Å². The Balaban J connectivity index is 2.26. The highest BCUT2D eigenvalue weighted by Crippen LogP contribution is 2.28. The van der Waals surface area contributed by atoms with Crippen LogP contribution in [-0.2, 0) is 0 Å². The van der Waals surface area contributed by atoms with Gasteiger partial charge in [-0.3, -0.25) is 9.78 Å². The summed E-state index contributed by atoms with van der Waals surface area (Å²) in [5, 5.41) is 5.36. The molecule has 0 fully saturated rings. The lowest BCUT2D eigenvalue weighted by molar-refractivity contribution is 0.102. The zero-order chi connectivity index (χ0) is 15.4. The molecule has 0 atom stereocenters. The van der Waals surface area contributed by atoms with Gasteiger partial charge in [-0.05, 0) is 25.1 Å². The molecular formula is C14H12Cl2FN3O. The first kappa shape index (κ1) is 15.5. The SMILES string of the molecule is CCNc1cnccc1C(=O)Nc1cc(Cl)c(F)c(Cl)c1. The Bertz CT molecular complexity index is 656. The lowest BCUT2D eigenvalue weighted by atomic mass is 10.2. The standard InChI is InChI=1S/C14H12Cl2FN3O/c1-2-19-12-7-18-4-3-9(12)14(21)20-8-5-10(15)13(17)11(16)6-8/h3-7,19H,2H2,1H3,(H,20,21). The van der Waals surface area contributed by atoms with Gasteiger partial charge in [-0.2, -0.15) is 0 Å². The van der Waals surface area contributed by atoms with E-state index < -0.39 is 5.82 Å². The Morgan fingerprint density at radius 3 is 2.62 bits per heavy atom. The maximum atomic E-state index is 13.3. The van der Waals surface area contributed by atoms with Gasteiger partial charge in [-0.1, -0.05) is 23.2 Å². The number of anilines is 2. The third-order valence-corrected chi connectivity index (χ3v) is 3.22. The summed E-state index contributed by atoms with van der Waals surface area (Å²) < 4.78 is 13.3. The summed E-state index contributed by atoms with van der Waals surface area (Å²) >= 11 is 11.4. The number of carbonyl (C=O) groups is 1. The van der Waals surface area contributed by atoms with Gasteiger partial charge < -0.3 is 10.6 Å². The van der Waals surface area contributed by atoms with Crippen LogP contribution in [-0.4, -0.2) is 17.4 Å². The number of carbonyl (C=O) groups excluding carboxylic acids is 1. The van der Waals surface area contributed by atoms with Crippen molar-refractivity contribution in [1.82, 2.24) is 4.98 Å². The van der Waals surface area contributed by atoms with E-state index in [2.05, 4.69) is 15.6 Å². The topological polar surface area (TPSA) is 54.0 Å². The fourth-order valence-electron chi connectivity index (χ4n) is 1.75. The van der Waals surface area contributed by atoms with Crippen LogP contribution < -0.4 is 10.6 Å². The minimum atomic E-state index is -0.714. The monoisotopic (exact) mass is 327 g/mol. The molecule has 1 aromatic carbocycles. The van der Waals surface area contributed by atoms with Crippen molar-refractivity contribution >= 4 is 40.5 Å². The summed E-state index contributed by atoms with van der Waals surface area (Å²) in [6, 6.07) is 4.18. The van der Waals surface area contributed by atoms with Crippen LogP contribution >= 0.6 is 23.2 Å². The third-order valence-electron chi connectivity index (χ3n) is 2.67. The van der Waals surface area contributed by atoms with E-state index in [1.54, 1.807) is 12.3 Å². The summed E-state index contributed by atoms with van der Waals surface area (Å²) in [5.74, 6) is -1.08. The summed E-state index contributed by atoms with van der Waals surface area (Å²) in [4.78, 5) is 16.2. The Kier molecular flexibility index (Phi) is 4.98. The molecule has 0 aliphatic heterocycles. The van der Waals surface area contributed by atoms with Gasteiger partial charge >= 0.3 is 0 Å². The van der Waals surface area contributed by atoms with Crippen molar-refractivity contribution in [3.8, 4) is 0 Å². The molecule has 7 heteroatoms. The van der Waals surface area contributed by atoms with Gasteiger partial charge in [0.25, 0.3) is 5.91 Å². The second-order valence-corrected chi connectivity index (χ2v) is 4.97. The van der Waals surface area contributed by atoms with Gasteiger partial charge in [0.15, 0.2) is 5.82 Å². The number of pyridine rings is 1. The molecule has 1 heterocycles. The summed E-state index contributed by atoms with van der Waals surface area (Å²) in [6.45, 7) is 2.56. The van der Waals surface area contributed by atoms with Crippen molar-refractivity contribution in [2.75, 3.05) is 17.2 Å². The van der Waals surface area contributed by atoms with E-state index in [-0.39, 0.29) is 16.0 Å². The number of hydrogen-bond donors (Lipinski definition) is 2. The van der Waals surface area contributed by atoms with E-state index >= 15 is 0 Å². The highest BCUT2D eigenvalue weighted by Gasteiger charge is 2.13. The number of nitrogens with zero attached hydrogens (tertiary/aromatic N) is 1. The van der Waals surface area contributed by atoms with Crippen LogP contribution in [0, 0.1) is 5.82 Å². The van der Waals surface area contributed by atoms with E-state index in [1.807, 2.05) is 6.92 Å². The molecule has 0 spiro atoms. The normalized spacial score (nSPS) is 10.3. The van der Waals surface area contributed by atoms with Crippen LogP contribution in [0.15, 0.2) is 30.6 Å². The number of rotatable bonds is 4. The first-order valence-corrected chi connectivity index (χ1v) is 6.92. The van der Waals surface area contributed by atoms with Gasteiger partial charge in [0.2, 0.25) is 0 Å². The highest BCUT2D eigenvalue weighted by atomic mass is 35.5. The molecule has 21 heavy (non-hydrogen) atoms. The number of aromatic nitrogens is 1. The quantitative estimate of drug-likeness (QED) is 0.827. The van der Waals surface area contributed by atoms with Crippen LogP contribution in [0.5, 0.6) is 0 Å². The van der Waals surface area contributed by atoms with Crippen molar-refractivity contribution < 1.29 is 9.18 Å². The molecular weight excluding hydrogens is 316 g/mol. The summed E-state index contributed by atoms with van der Waals surface area (Å²) in [7, 11) is 0. The molecule has 0 bridgehead atoms. The fourth-order valence-corrected chi connectivity index (χ4v) is 2.24. The average Bonchev–Trinajstić information content (AvgIpc) is 2.45. The summed E-state index contributed by atoms with van der Waals surface area (Å²) in [6.07, 6.45) is 3.07. The first-order valence-electron chi connectivity index (χ1n) is 6.16. The minimum absolute atomic E-state index is 0.153. The Hall–Kier alpha value is -1.85. The van der Waals surface area contributed by atoms with Gasteiger partial charge in [0, 0.05) is 18.4 Å². The van der Waals surface area contributed by atoms with Crippen molar-refractivity contribution in [2.45, 2.75) is 6.92 Å². The molecule has 2 rings (SSSR count). The molecule has 1 amide bonds. The second-order valence-electron chi connectivity index (χ2n) is 4.16. The number of benzene rings is 1. The lowest BCUT2D eigenvalue weighted by Crippen LogP contribution is -2.15. The van der Waals surface area contributed by atoms with Crippen LogP contribution in [0.4, 0.5) is 15.8 Å². The molecule has 0 radical (unpaired) electrons. The van der Waals surface area contributed by atoms with Crippen LogP contribution in [0.25, 0.3) is 0 Å². The van der Waals surface area contributed by atoms with Crippen molar-refractivity contribution in [1.29, 1.82) is 0 Å². The molecule has 0 unspecified atom stereocenters. The average molecular weight is 328 g/mol. The van der Waals surface area contributed by atoms with Gasteiger partial charge in [0.05, 0.1) is 27.5 Å². The van der Waals surface area contributed by atoms with E-state index in [9.17, 15) is 9.18 Å². The molecule has 0 aliphatic rings. The molecule has 0 saturated carbocycles. The minimum Gasteiger partial charge on any atom is -0.383 e. The third kappa shape index (κ3) is 3.62. The van der Waals surface area contributed by atoms with Crippen molar-refractivity contribution in [2.24, 2.45) is 0 Å². The van der Waals surface area contributed by atoms with E-state index in [0.717, 1.165) is 0 Å². The van der Waals surface area contributed by atoms with Crippen molar-refractivity contribution in [3.63, 3.8) is 0 Å². The van der Waals surface area contributed by atoms with Crippen LogP contribution in [0.1, 0.15) is 17.3 Å². The zero-order valence-electron chi connectivity index (χ0n) is 11.1. The molecule has 2 N–H and O–H groups in total. The number of halogens is 3. The van der Waals surface area contributed by atoms with Crippen molar-refractivity contribution in [3.05, 3.63) is 52.0 Å². The number of nitrogens with one attached hydrogen (secondary N) is 2. The molecule has 0 saturated heterocycles. The highest BCUT2D eigenvalue weighted by molar-refractivity contribution is 6.35. The van der Waals surface area contributed by atoms with E-state index in [4.69, 9.17) is 23.2 Å². The maximum Gasteiger partial charge on any atom is 0.257 e. The Labute approximate surface area is 131 Å². The van der Waals surface area contributed by atoms with E-state index in [1.165, 1.54) is 18.3 Å². The van der Waals surface area contributed by atoms with Gasteiger partial charge in [-0.15, -0.1) is 0 Å². The molecule has 0 aliphatic carbocycles. The number of amides is 1. The molecule has 2 aromatic rings. The number of hydrogen-bond acceptors (Lipinski definition) is 3. The molecule has 110 valence electrons. The molecule has 4 nitrogen and oxygen atoms in total. The first-order chi connectivity index (χ1) is 10.0. The Morgan fingerprint density at radius 2 is 2.00 bits per heavy atom. The maximum absolute atomic E-state index is 13.3. The molecule has 1 aromatic heterocycles. The van der Waals surface area contributed by atoms with E-state index in [0.29, 0.717) is 23.5 Å². The predicted octanol–water partition coefficient (Wildman–Crippen LogP) is 4.21. The smallest absolute Gasteiger partial charge is 0.257 e. The summed E-state index contributed by atoms with van der Waals surface area (Å²) in [5.41, 5.74) is 1.34. The van der Waals surface area contributed by atoms with Gasteiger partial charge in [0.1, 0.15) is 0 Å². The largest absolute Gasteiger partial charge is 0.383 e. The second kappa shape index (κ2) is 6.74. The fraction of sp³-hybridized carbons (Fsp3) is 0.143. The van der Waals surface area contributed by atoms with Crippen LogP contribution in [0.2, 0.25) is 10.0 Å². The van der Waals surface area contributed by atoms with Gasteiger partial charge in [-0.25, -0.2) is 4.39 Å².